The zero-order chi connectivity index (χ0) is 15.4. The molecule has 0 aromatic heterocycles. The van der Waals surface area contributed by atoms with E-state index in [4.69, 9.17) is 16.3 Å². The second-order valence-corrected chi connectivity index (χ2v) is 4.83. The van der Waals surface area contributed by atoms with Crippen LogP contribution >= 0.6 is 11.6 Å². The van der Waals surface area contributed by atoms with E-state index in [2.05, 4.69) is 5.32 Å². The molecule has 1 N–H and O–H groups in total. The Kier molecular flexibility index (Phi) is 5.09. The number of benzene rings is 2. The molecular weight excluding hydrogens is 303 g/mol. The SMILES string of the molecule is CNCc1cc(F)c(OCc2cccc(Cl)c2F)c(F)c1. The van der Waals surface area contributed by atoms with Crippen molar-refractivity contribution in [3.05, 3.63) is 63.9 Å². The van der Waals surface area contributed by atoms with Crippen molar-refractivity contribution in [1.29, 1.82) is 0 Å². The largest absolute Gasteiger partial charge is 0.483 e. The molecule has 0 spiro atoms. The lowest BCUT2D eigenvalue weighted by molar-refractivity contribution is 0.269. The maximum Gasteiger partial charge on any atom is 0.191 e. The van der Waals surface area contributed by atoms with E-state index >= 15 is 0 Å². The number of halogens is 4. The summed E-state index contributed by atoms with van der Waals surface area (Å²) in [6.07, 6.45) is 0. The molecule has 2 rings (SSSR count). The van der Waals surface area contributed by atoms with Gasteiger partial charge >= 0.3 is 0 Å². The number of hydrogen-bond acceptors (Lipinski definition) is 2. The van der Waals surface area contributed by atoms with E-state index in [0.29, 0.717) is 12.1 Å². The Bertz CT molecular complexity index is 626. The fourth-order valence-electron chi connectivity index (χ4n) is 1.87. The molecule has 0 aliphatic heterocycles. The molecule has 0 saturated carbocycles. The summed E-state index contributed by atoms with van der Waals surface area (Å²) >= 11 is 5.63. The van der Waals surface area contributed by atoms with Crippen molar-refractivity contribution < 1.29 is 17.9 Å². The van der Waals surface area contributed by atoms with Gasteiger partial charge in [-0.3, -0.25) is 0 Å². The van der Waals surface area contributed by atoms with Crippen molar-refractivity contribution in [2.45, 2.75) is 13.2 Å². The molecule has 21 heavy (non-hydrogen) atoms. The molecule has 0 radical (unpaired) electrons. The first-order valence-electron chi connectivity index (χ1n) is 6.21. The van der Waals surface area contributed by atoms with Gasteiger partial charge in [0.25, 0.3) is 0 Å². The molecule has 0 aliphatic rings. The Hall–Kier alpha value is -1.72. The molecule has 0 amide bonds. The Labute approximate surface area is 125 Å². The maximum absolute atomic E-state index is 13.8. The molecule has 0 unspecified atom stereocenters. The lowest BCUT2D eigenvalue weighted by atomic mass is 10.2. The van der Waals surface area contributed by atoms with E-state index < -0.39 is 23.2 Å². The van der Waals surface area contributed by atoms with Gasteiger partial charge in [0, 0.05) is 12.1 Å². The normalized spacial score (nSPS) is 10.7. The molecule has 0 saturated heterocycles. The van der Waals surface area contributed by atoms with Gasteiger partial charge in [-0.1, -0.05) is 23.7 Å². The fourth-order valence-corrected chi connectivity index (χ4v) is 2.06. The molecule has 0 bridgehead atoms. The van der Waals surface area contributed by atoms with Crippen LogP contribution in [0, 0.1) is 17.5 Å². The number of ether oxygens (including phenoxy) is 1. The van der Waals surface area contributed by atoms with Crippen LogP contribution in [0.4, 0.5) is 13.2 Å². The number of hydrogen-bond donors (Lipinski definition) is 1. The van der Waals surface area contributed by atoms with Gasteiger partial charge in [-0.25, -0.2) is 13.2 Å². The highest BCUT2D eigenvalue weighted by molar-refractivity contribution is 6.30. The van der Waals surface area contributed by atoms with Crippen molar-refractivity contribution in [1.82, 2.24) is 5.32 Å². The summed E-state index contributed by atoms with van der Waals surface area (Å²) in [4.78, 5) is 0. The minimum Gasteiger partial charge on any atom is -0.483 e. The third-order valence-electron chi connectivity index (χ3n) is 2.84. The van der Waals surface area contributed by atoms with Crippen LogP contribution in [0.25, 0.3) is 0 Å². The highest BCUT2D eigenvalue weighted by atomic mass is 35.5. The zero-order valence-corrected chi connectivity index (χ0v) is 12.0. The third-order valence-corrected chi connectivity index (χ3v) is 3.13. The van der Waals surface area contributed by atoms with Crippen LogP contribution < -0.4 is 10.1 Å². The average molecular weight is 316 g/mol. The van der Waals surface area contributed by atoms with Crippen molar-refractivity contribution in [2.75, 3.05) is 7.05 Å². The standard InChI is InChI=1S/C15H13ClF3NO/c1-20-7-9-5-12(17)15(13(18)6-9)21-8-10-3-2-4-11(16)14(10)19/h2-6,20H,7-8H2,1H3. The first-order chi connectivity index (χ1) is 10.0. The second-order valence-electron chi connectivity index (χ2n) is 4.42. The first kappa shape index (κ1) is 15.7. The molecule has 0 atom stereocenters. The summed E-state index contributed by atoms with van der Waals surface area (Å²) in [6, 6.07) is 6.69. The predicted octanol–water partition coefficient (Wildman–Crippen LogP) is 4.06. The molecule has 0 fully saturated rings. The monoisotopic (exact) mass is 315 g/mol. The van der Waals surface area contributed by atoms with Gasteiger partial charge in [0.15, 0.2) is 17.4 Å². The summed E-state index contributed by atoms with van der Waals surface area (Å²) in [5.41, 5.74) is 0.578. The van der Waals surface area contributed by atoms with E-state index in [1.165, 1.54) is 30.3 Å². The van der Waals surface area contributed by atoms with E-state index in [9.17, 15) is 13.2 Å². The van der Waals surface area contributed by atoms with Gasteiger partial charge in [-0.15, -0.1) is 0 Å². The smallest absolute Gasteiger partial charge is 0.191 e. The minimum absolute atomic E-state index is 0.0681. The van der Waals surface area contributed by atoms with Gasteiger partial charge in [-0.05, 0) is 30.8 Å². The highest BCUT2D eigenvalue weighted by Crippen LogP contribution is 2.25. The first-order valence-corrected chi connectivity index (χ1v) is 6.59. The van der Waals surface area contributed by atoms with Crippen molar-refractivity contribution in [3.63, 3.8) is 0 Å². The molecule has 6 heteroatoms. The molecule has 2 aromatic carbocycles. The lowest BCUT2D eigenvalue weighted by Crippen LogP contribution is -2.07. The van der Waals surface area contributed by atoms with Crippen molar-refractivity contribution >= 4 is 11.6 Å². The summed E-state index contributed by atoms with van der Waals surface area (Å²) in [5.74, 6) is -2.86. The van der Waals surface area contributed by atoms with Crippen LogP contribution in [0.15, 0.2) is 30.3 Å². The lowest BCUT2D eigenvalue weighted by Gasteiger charge is -2.11. The number of nitrogens with one attached hydrogen (secondary N) is 1. The Morgan fingerprint density at radius 1 is 1.14 bits per heavy atom. The fraction of sp³-hybridized carbons (Fsp3) is 0.200. The van der Waals surface area contributed by atoms with Crippen LogP contribution in [0.5, 0.6) is 5.75 Å². The summed E-state index contributed by atoms with van der Waals surface area (Å²) in [7, 11) is 1.67. The van der Waals surface area contributed by atoms with Crippen LogP contribution in [-0.2, 0) is 13.2 Å². The highest BCUT2D eigenvalue weighted by Gasteiger charge is 2.14. The third kappa shape index (κ3) is 3.68. The zero-order valence-electron chi connectivity index (χ0n) is 11.2. The summed E-state index contributed by atoms with van der Waals surface area (Å²) < 4.78 is 46.3. The second kappa shape index (κ2) is 6.83. The quantitative estimate of drug-likeness (QED) is 0.898. The van der Waals surface area contributed by atoms with Gasteiger partial charge in [0.2, 0.25) is 0 Å². The molecule has 112 valence electrons. The topological polar surface area (TPSA) is 21.3 Å². The summed E-state index contributed by atoms with van der Waals surface area (Å²) in [6.45, 7) is 0.0165. The molecule has 2 nitrogen and oxygen atoms in total. The molecule has 0 heterocycles. The number of rotatable bonds is 5. The van der Waals surface area contributed by atoms with Gasteiger partial charge in [0.1, 0.15) is 12.4 Å². The Balaban J connectivity index is 2.18. The summed E-state index contributed by atoms with van der Waals surface area (Å²) in [5, 5.41) is 2.72. The molecule has 2 aromatic rings. The van der Waals surface area contributed by atoms with Crippen LogP contribution in [0.3, 0.4) is 0 Å². The maximum atomic E-state index is 13.8. The van der Waals surface area contributed by atoms with E-state index in [-0.39, 0.29) is 17.2 Å². The molecule has 0 aliphatic carbocycles. The van der Waals surface area contributed by atoms with Gasteiger partial charge in [0.05, 0.1) is 5.02 Å². The van der Waals surface area contributed by atoms with E-state index in [0.717, 1.165) is 0 Å². The van der Waals surface area contributed by atoms with Gasteiger partial charge < -0.3 is 10.1 Å². The van der Waals surface area contributed by atoms with Crippen LogP contribution in [-0.4, -0.2) is 7.05 Å². The van der Waals surface area contributed by atoms with Gasteiger partial charge in [-0.2, -0.15) is 0 Å². The van der Waals surface area contributed by atoms with E-state index in [1.54, 1.807) is 7.05 Å². The predicted molar refractivity (Wildman–Crippen MR) is 74.9 cm³/mol. The van der Waals surface area contributed by atoms with Crippen molar-refractivity contribution in [3.8, 4) is 5.75 Å². The van der Waals surface area contributed by atoms with Crippen molar-refractivity contribution in [2.24, 2.45) is 0 Å². The molecular formula is C15H13ClF3NO. The Morgan fingerprint density at radius 2 is 1.81 bits per heavy atom. The average Bonchev–Trinajstić information content (AvgIpc) is 2.42. The minimum atomic E-state index is -0.831. The van der Waals surface area contributed by atoms with E-state index in [1.807, 2.05) is 0 Å². The Morgan fingerprint density at radius 3 is 2.43 bits per heavy atom. The van der Waals surface area contributed by atoms with Crippen LogP contribution in [0.2, 0.25) is 5.02 Å². The van der Waals surface area contributed by atoms with Crippen LogP contribution in [0.1, 0.15) is 11.1 Å².